The van der Waals surface area contributed by atoms with Crippen molar-refractivity contribution in [3.8, 4) is 0 Å². The Labute approximate surface area is 191 Å². The Hall–Kier alpha value is -1.05. The Morgan fingerprint density at radius 1 is 1.10 bits per heavy atom. The Morgan fingerprint density at radius 3 is 2.77 bits per heavy atom. The van der Waals surface area contributed by atoms with Crippen LogP contribution in [0.3, 0.4) is 0 Å². The fourth-order valence-electron chi connectivity index (χ4n) is 9.03. The van der Waals surface area contributed by atoms with Gasteiger partial charge in [-0.15, -0.1) is 0 Å². The highest BCUT2D eigenvalue weighted by atomic mass is 15.3. The zero-order valence-corrected chi connectivity index (χ0v) is 20.5. The number of hydrogen-bond acceptors (Lipinski definition) is 1. The highest BCUT2D eigenvalue weighted by Gasteiger charge is 2.54. The number of aryl methyl sites for hydroxylation is 1. The fourth-order valence-corrected chi connectivity index (χ4v) is 9.03. The third-order valence-electron chi connectivity index (χ3n) is 10.8. The maximum absolute atomic E-state index is 4.67. The largest absolute Gasteiger partial charge is 0.272 e. The average molecular weight is 423 g/mol. The first-order valence-electron chi connectivity index (χ1n) is 13.7. The predicted octanol–water partition coefficient (Wildman–Crippen LogP) is 7.99. The summed E-state index contributed by atoms with van der Waals surface area (Å²) in [4.78, 5) is 0. The number of hydrogen-bond donors (Lipinski definition) is 0. The van der Waals surface area contributed by atoms with E-state index in [1.807, 2.05) is 6.20 Å². The monoisotopic (exact) mass is 422 g/mol. The van der Waals surface area contributed by atoms with E-state index < -0.39 is 0 Å². The molecule has 0 saturated heterocycles. The first-order valence-corrected chi connectivity index (χ1v) is 13.7. The molecule has 1 heterocycles. The van der Waals surface area contributed by atoms with Crippen molar-refractivity contribution in [2.24, 2.45) is 46.8 Å². The van der Waals surface area contributed by atoms with E-state index in [2.05, 4.69) is 43.3 Å². The maximum atomic E-state index is 4.67. The second kappa shape index (κ2) is 8.71. The summed E-state index contributed by atoms with van der Waals surface area (Å²) in [6.45, 7) is 12.7. The van der Waals surface area contributed by atoms with Gasteiger partial charge >= 0.3 is 0 Å². The van der Waals surface area contributed by atoms with Crippen LogP contribution in [0.1, 0.15) is 103 Å². The first-order chi connectivity index (χ1) is 15.0. The summed E-state index contributed by atoms with van der Waals surface area (Å²) in [5, 5.41) is 4.67. The quantitative estimate of drug-likeness (QED) is 0.470. The summed E-state index contributed by atoms with van der Waals surface area (Å²) in [5.41, 5.74) is 3.02. The maximum Gasteiger partial charge on any atom is 0.0564 e. The molecule has 8 atom stereocenters. The van der Waals surface area contributed by atoms with Crippen molar-refractivity contribution in [1.82, 2.24) is 9.78 Å². The third-order valence-corrected chi connectivity index (χ3v) is 10.8. The van der Waals surface area contributed by atoms with Crippen molar-refractivity contribution in [1.29, 1.82) is 0 Å². The minimum atomic E-state index is 0.581. The van der Waals surface area contributed by atoms with Gasteiger partial charge in [-0.2, -0.15) is 5.10 Å². The number of fused-ring (bicyclic) bond motifs is 5. The summed E-state index contributed by atoms with van der Waals surface area (Å²) in [7, 11) is 0. The summed E-state index contributed by atoms with van der Waals surface area (Å²) >= 11 is 0. The number of nitrogens with zero attached hydrogens (tertiary/aromatic N) is 2. The van der Waals surface area contributed by atoms with Crippen molar-refractivity contribution in [3.05, 3.63) is 24.5 Å². The highest BCUT2D eigenvalue weighted by molar-refractivity contribution is 5.61. The van der Waals surface area contributed by atoms with Gasteiger partial charge in [0, 0.05) is 18.3 Å². The number of allylic oxidation sites excluding steroid dienone is 1. The van der Waals surface area contributed by atoms with E-state index in [0.717, 1.165) is 54.4 Å². The molecular weight excluding hydrogens is 376 g/mol. The van der Waals surface area contributed by atoms with E-state index in [1.165, 1.54) is 62.5 Å². The third kappa shape index (κ3) is 3.95. The van der Waals surface area contributed by atoms with Gasteiger partial charge in [-0.25, -0.2) is 0 Å². The molecule has 4 fully saturated rings. The molecule has 31 heavy (non-hydrogen) atoms. The van der Waals surface area contributed by atoms with Crippen LogP contribution in [0.15, 0.2) is 19.0 Å². The molecule has 0 bridgehead atoms. The lowest BCUT2D eigenvalue weighted by Crippen LogP contribution is -2.52. The molecule has 0 aromatic carbocycles. The minimum Gasteiger partial charge on any atom is -0.272 e. The Morgan fingerprint density at radius 2 is 1.94 bits per heavy atom. The molecule has 4 aliphatic carbocycles. The van der Waals surface area contributed by atoms with E-state index >= 15 is 0 Å². The van der Waals surface area contributed by atoms with Gasteiger partial charge in [0.25, 0.3) is 0 Å². The second-order valence-electron chi connectivity index (χ2n) is 12.3. The van der Waals surface area contributed by atoms with Crippen LogP contribution >= 0.6 is 0 Å². The lowest BCUT2D eigenvalue weighted by Gasteiger charge is -2.60. The molecule has 1 aromatic rings. The van der Waals surface area contributed by atoms with Crippen molar-refractivity contribution >= 4 is 5.57 Å². The molecule has 5 rings (SSSR count). The molecule has 4 aliphatic rings. The minimum absolute atomic E-state index is 0.581. The van der Waals surface area contributed by atoms with Crippen LogP contribution in [0.25, 0.3) is 5.57 Å². The molecule has 2 heteroatoms. The summed E-state index contributed by atoms with van der Waals surface area (Å²) in [6.07, 6.45) is 21.7. The van der Waals surface area contributed by atoms with Gasteiger partial charge in [-0.3, -0.25) is 4.68 Å². The summed E-state index contributed by atoms with van der Waals surface area (Å²) in [6, 6.07) is 0. The van der Waals surface area contributed by atoms with Gasteiger partial charge in [0.2, 0.25) is 0 Å². The van der Waals surface area contributed by atoms with E-state index in [-0.39, 0.29) is 0 Å². The molecule has 2 nitrogen and oxygen atoms in total. The Balaban J connectivity index is 1.27. The van der Waals surface area contributed by atoms with Crippen LogP contribution in [0.5, 0.6) is 0 Å². The lowest BCUT2D eigenvalue weighted by molar-refractivity contribution is -0.111. The van der Waals surface area contributed by atoms with E-state index in [1.54, 1.807) is 19.3 Å². The van der Waals surface area contributed by atoms with Crippen LogP contribution in [0, 0.1) is 46.8 Å². The predicted molar refractivity (Wildman–Crippen MR) is 131 cm³/mol. The second-order valence-corrected chi connectivity index (χ2v) is 12.3. The zero-order chi connectivity index (χ0) is 21.6. The van der Waals surface area contributed by atoms with Crippen LogP contribution in [-0.4, -0.2) is 9.78 Å². The molecule has 172 valence electrons. The number of rotatable bonds is 5. The molecule has 0 amide bonds. The van der Waals surface area contributed by atoms with Crippen LogP contribution in [-0.2, 0) is 6.54 Å². The fraction of sp³-hybridized carbons (Fsp3) is 0.828. The van der Waals surface area contributed by atoms with Gasteiger partial charge in [-0.05, 0) is 117 Å². The molecule has 0 radical (unpaired) electrons. The van der Waals surface area contributed by atoms with Crippen molar-refractivity contribution < 1.29 is 0 Å². The summed E-state index contributed by atoms with van der Waals surface area (Å²) < 4.78 is 2.20. The van der Waals surface area contributed by atoms with Crippen molar-refractivity contribution in [2.45, 2.75) is 104 Å². The normalized spacial score (nSPS) is 42.4. The first kappa shape index (κ1) is 21.8. The SMILES string of the molecule is C=C(CC)c1cnn(CCC2CCCC3C4CCC5CC(C)CCC5C4CCC23C)c1. The average Bonchev–Trinajstić information content (AvgIpc) is 3.25. The molecule has 4 saturated carbocycles. The highest BCUT2D eigenvalue weighted by Crippen LogP contribution is 2.63. The number of aromatic nitrogens is 2. The lowest BCUT2D eigenvalue weighted by atomic mass is 9.45. The van der Waals surface area contributed by atoms with Crippen LogP contribution in [0.2, 0.25) is 0 Å². The molecule has 0 N–H and O–H groups in total. The van der Waals surface area contributed by atoms with Gasteiger partial charge in [0.1, 0.15) is 0 Å². The van der Waals surface area contributed by atoms with Crippen molar-refractivity contribution in [3.63, 3.8) is 0 Å². The van der Waals surface area contributed by atoms with Gasteiger partial charge < -0.3 is 0 Å². The standard InChI is InChI=1S/C29H46N2/c1-5-21(3)23-18-30-31(19-23)16-14-24-7-6-8-28-27-12-10-22-17-20(2)9-11-25(22)26(27)13-15-29(24,28)4/h18-20,22,24-28H,3,5-17H2,1-2,4H3. The Bertz CT molecular complexity index is 777. The molecule has 0 spiro atoms. The van der Waals surface area contributed by atoms with E-state index in [4.69, 9.17) is 0 Å². The van der Waals surface area contributed by atoms with Gasteiger partial charge in [0.15, 0.2) is 0 Å². The Kier molecular flexibility index (Phi) is 6.12. The topological polar surface area (TPSA) is 17.8 Å². The smallest absolute Gasteiger partial charge is 0.0564 e. The molecule has 8 unspecified atom stereocenters. The van der Waals surface area contributed by atoms with Crippen LogP contribution in [0.4, 0.5) is 0 Å². The molecular formula is C29H46N2. The van der Waals surface area contributed by atoms with E-state index in [9.17, 15) is 0 Å². The molecule has 0 aliphatic heterocycles. The van der Waals surface area contributed by atoms with Crippen LogP contribution < -0.4 is 0 Å². The summed E-state index contributed by atoms with van der Waals surface area (Å²) in [5.74, 6) is 7.13. The van der Waals surface area contributed by atoms with Gasteiger partial charge in [-0.1, -0.05) is 40.2 Å². The zero-order valence-electron chi connectivity index (χ0n) is 20.5. The van der Waals surface area contributed by atoms with Crippen molar-refractivity contribution in [2.75, 3.05) is 0 Å². The van der Waals surface area contributed by atoms with E-state index in [0.29, 0.717) is 5.41 Å². The molecule has 1 aromatic heterocycles. The van der Waals surface area contributed by atoms with Gasteiger partial charge in [0.05, 0.1) is 6.20 Å².